The summed E-state index contributed by atoms with van der Waals surface area (Å²) in [5, 5.41) is 0. The molecule has 0 spiro atoms. The third kappa shape index (κ3) is 4.46. The zero-order valence-corrected chi connectivity index (χ0v) is 13.7. The fourth-order valence-electron chi connectivity index (χ4n) is 3.42. The maximum Gasteiger partial charge on any atom is 0.391 e. The number of nitrogens with zero attached hydrogens (tertiary/aromatic N) is 1. The smallest absolute Gasteiger partial charge is 0.274 e. The summed E-state index contributed by atoms with van der Waals surface area (Å²) in [5.74, 6) is -1.06. The van der Waals surface area contributed by atoms with Crippen LogP contribution in [-0.2, 0) is 0 Å². The summed E-state index contributed by atoms with van der Waals surface area (Å²) in [6.45, 7) is 0. The van der Waals surface area contributed by atoms with Crippen LogP contribution in [0.3, 0.4) is 0 Å². The van der Waals surface area contributed by atoms with Gasteiger partial charge in [0, 0.05) is 12.1 Å². The van der Waals surface area contributed by atoms with E-state index in [9.17, 15) is 13.2 Å². The highest BCUT2D eigenvalue weighted by Crippen LogP contribution is 2.38. The number of hydrogen-bond donors (Lipinski definition) is 1. The molecule has 0 atom stereocenters. The van der Waals surface area contributed by atoms with Crippen molar-refractivity contribution in [2.24, 2.45) is 5.92 Å². The molecule has 0 saturated heterocycles. The van der Waals surface area contributed by atoms with Crippen LogP contribution in [0.15, 0.2) is 0 Å². The largest absolute Gasteiger partial charge is 0.391 e. The van der Waals surface area contributed by atoms with Gasteiger partial charge in [0.15, 0.2) is 0 Å². The summed E-state index contributed by atoms with van der Waals surface area (Å²) in [6, 6.07) is 0.888. The van der Waals surface area contributed by atoms with Gasteiger partial charge in [0.25, 0.3) is 0 Å². The van der Waals surface area contributed by atoms with Crippen LogP contribution in [0.1, 0.15) is 57.8 Å². The molecular weight excluding hydrogens is 269 g/mol. The predicted octanol–water partition coefficient (Wildman–Crippen LogP) is 2.53. The third-order valence-corrected chi connectivity index (χ3v) is 5.69. The molecule has 0 amide bonds. The zero-order chi connectivity index (χ0) is 13.9. The van der Waals surface area contributed by atoms with Crippen LogP contribution in [-0.4, -0.2) is 33.3 Å². The fourth-order valence-corrected chi connectivity index (χ4v) is 4.30. The van der Waals surface area contributed by atoms with E-state index in [1.165, 1.54) is 32.1 Å². The molecule has 0 aromatic heterocycles. The Kier molecular flexibility index (Phi) is 5.31. The van der Waals surface area contributed by atoms with E-state index in [-0.39, 0.29) is 0 Å². The van der Waals surface area contributed by atoms with Crippen LogP contribution >= 0.6 is 0 Å². The summed E-state index contributed by atoms with van der Waals surface area (Å²) in [5.41, 5.74) is 3.56. The van der Waals surface area contributed by atoms with Crippen molar-refractivity contribution in [3.05, 3.63) is 0 Å². The molecule has 0 radical (unpaired) electrons. The van der Waals surface area contributed by atoms with Gasteiger partial charge >= 0.3 is 6.18 Å². The van der Waals surface area contributed by atoms with Gasteiger partial charge in [0.1, 0.15) is 0 Å². The first-order valence-corrected chi connectivity index (χ1v) is 8.42. The molecule has 112 valence electrons. The second-order valence-corrected chi connectivity index (χ2v) is 7.09. The second-order valence-electron chi connectivity index (χ2n) is 6.12. The first kappa shape index (κ1) is 15.3. The number of nitrogens with one attached hydrogen (secondary N) is 1. The Morgan fingerprint density at radius 1 is 0.895 bits per heavy atom. The molecule has 0 aliphatic heterocycles. The summed E-state index contributed by atoms with van der Waals surface area (Å²) in [6.07, 6.45) is 4.34. The molecule has 2 fully saturated rings. The second kappa shape index (κ2) is 6.59. The highest BCUT2D eigenvalue weighted by atomic mass is 28.2. The number of hydrogen-bond acceptors (Lipinski definition) is 2. The summed E-state index contributed by atoms with van der Waals surface area (Å²) in [7, 11) is 0.887. The quantitative estimate of drug-likeness (QED) is 0.635. The Morgan fingerprint density at radius 2 is 1.47 bits per heavy atom. The first-order chi connectivity index (χ1) is 8.97. The molecule has 2 rings (SSSR count). The topological polar surface area (TPSA) is 15.3 Å². The Morgan fingerprint density at radius 3 is 2.00 bits per heavy atom. The Labute approximate surface area is 116 Å². The summed E-state index contributed by atoms with van der Waals surface area (Å²) < 4.78 is 40.1. The van der Waals surface area contributed by atoms with Crippen LogP contribution < -0.4 is 5.43 Å². The zero-order valence-electron chi connectivity index (χ0n) is 11.7. The van der Waals surface area contributed by atoms with E-state index < -0.39 is 12.1 Å². The van der Waals surface area contributed by atoms with Gasteiger partial charge in [0.2, 0.25) is 0 Å². The van der Waals surface area contributed by atoms with E-state index in [2.05, 4.69) is 10.1 Å². The minimum Gasteiger partial charge on any atom is -0.274 e. The SMILES string of the molecule is FC(F)(F)C1CCC(N([SiH3])NC2CCCCC2)CC1. The van der Waals surface area contributed by atoms with Gasteiger partial charge in [-0.3, -0.25) is 10.1 Å². The van der Waals surface area contributed by atoms with Crippen molar-refractivity contribution in [3.63, 3.8) is 0 Å². The molecule has 0 bridgehead atoms. The van der Waals surface area contributed by atoms with E-state index in [4.69, 9.17) is 0 Å². The maximum atomic E-state index is 12.6. The van der Waals surface area contributed by atoms with Gasteiger partial charge in [-0.25, -0.2) is 0 Å². The van der Waals surface area contributed by atoms with Gasteiger partial charge in [-0.05, 0) is 38.5 Å². The molecule has 1 N–H and O–H groups in total. The average Bonchev–Trinajstić information content (AvgIpc) is 2.39. The minimum atomic E-state index is -3.99. The van der Waals surface area contributed by atoms with Gasteiger partial charge < -0.3 is 0 Å². The number of halogens is 3. The summed E-state index contributed by atoms with van der Waals surface area (Å²) >= 11 is 0. The number of alkyl halides is 3. The lowest BCUT2D eigenvalue weighted by Crippen LogP contribution is -2.51. The predicted molar refractivity (Wildman–Crippen MR) is 73.6 cm³/mol. The molecule has 0 aromatic carbocycles. The van der Waals surface area contributed by atoms with E-state index in [0.29, 0.717) is 37.8 Å². The Hall–Kier alpha value is -0.0731. The van der Waals surface area contributed by atoms with Crippen molar-refractivity contribution >= 4 is 10.4 Å². The molecule has 2 aliphatic carbocycles. The lowest BCUT2D eigenvalue weighted by molar-refractivity contribution is -0.184. The van der Waals surface area contributed by atoms with Crippen molar-refractivity contribution in [1.82, 2.24) is 10.1 Å². The molecule has 2 nitrogen and oxygen atoms in total. The molecular formula is C13H25F3N2Si. The molecule has 0 unspecified atom stereocenters. The molecule has 6 heteroatoms. The lowest BCUT2D eigenvalue weighted by Gasteiger charge is -2.38. The normalized spacial score (nSPS) is 30.9. The minimum absolute atomic E-state index is 0.305. The van der Waals surface area contributed by atoms with E-state index >= 15 is 0 Å². The van der Waals surface area contributed by atoms with Crippen molar-refractivity contribution in [2.45, 2.75) is 76.0 Å². The van der Waals surface area contributed by atoms with Crippen LogP contribution in [0, 0.1) is 5.92 Å². The molecule has 19 heavy (non-hydrogen) atoms. The van der Waals surface area contributed by atoms with Crippen molar-refractivity contribution in [3.8, 4) is 0 Å². The van der Waals surface area contributed by atoms with Crippen molar-refractivity contribution in [1.29, 1.82) is 0 Å². The van der Waals surface area contributed by atoms with Crippen LogP contribution in [0.5, 0.6) is 0 Å². The van der Waals surface area contributed by atoms with Crippen LogP contribution in [0.2, 0.25) is 0 Å². The Bertz CT molecular complexity index is 272. The summed E-state index contributed by atoms with van der Waals surface area (Å²) in [4.78, 5) is 0. The standard InChI is InChI=1S/C13H25F3N2Si/c14-13(15,16)10-6-8-12(9-7-10)18(19)17-11-4-2-1-3-5-11/h10-12,17H,1-9H2,19H3. The van der Waals surface area contributed by atoms with Crippen molar-refractivity contribution in [2.75, 3.05) is 0 Å². The van der Waals surface area contributed by atoms with Gasteiger partial charge in [-0.2, -0.15) is 13.2 Å². The van der Waals surface area contributed by atoms with Gasteiger partial charge in [0.05, 0.1) is 16.3 Å². The third-order valence-electron chi connectivity index (χ3n) is 4.70. The highest BCUT2D eigenvalue weighted by molar-refractivity contribution is 6.04. The molecule has 0 heterocycles. The maximum absolute atomic E-state index is 12.6. The molecule has 2 aliphatic rings. The lowest BCUT2D eigenvalue weighted by atomic mass is 9.86. The number of rotatable bonds is 3. The highest BCUT2D eigenvalue weighted by Gasteiger charge is 2.41. The molecule has 0 aromatic rings. The fraction of sp³-hybridized carbons (Fsp3) is 1.00. The Balaban J connectivity index is 1.74. The van der Waals surface area contributed by atoms with Gasteiger partial charge in [-0.1, -0.05) is 19.3 Å². The van der Waals surface area contributed by atoms with E-state index in [0.717, 1.165) is 10.4 Å². The monoisotopic (exact) mass is 294 g/mol. The van der Waals surface area contributed by atoms with Crippen molar-refractivity contribution < 1.29 is 13.2 Å². The van der Waals surface area contributed by atoms with Crippen LogP contribution in [0.25, 0.3) is 0 Å². The van der Waals surface area contributed by atoms with E-state index in [1.807, 2.05) is 0 Å². The number of hydrazine groups is 1. The molecule has 2 saturated carbocycles. The van der Waals surface area contributed by atoms with Crippen LogP contribution in [0.4, 0.5) is 13.2 Å². The van der Waals surface area contributed by atoms with E-state index in [1.54, 1.807) is 0 Å². The average molecular weight is 294 g/mol. The first-order valence-electron chi connectivity index (χ1n) is 7.52. The van der Waals surface area contributed by atoms with Gasteiger partial charge in [-0.15, -0.1) is 0 Å².